The summed E-state index contributed by atoms with van der Waals surface area (Å²) in [6.45, 7) is 0. The van der Waals surface area contributed by atoms with Crippen LogP contribution in [0.4, 0.5) is 4.39 Å². The van der Waals surface area contributed by atoms with E-state index in [2.05, 4.69) is 20.9 Å². The molecule has 0 aliphatic heterocycles. The molecule has 2 heterocycles. The summed E-state index contributed by atoms with van der Waals surface area (Å²) >= 11 is 4.96. The number of hydrogen-bond donors (Lipinski definition) is 0. The minimum atomic E-state index is -0.225. The van der Waals surface area contributed by atoms with Crippen molar-refractivity contribution in [2.75, 3.05) is 0 Å². The number of fused-ring (bicyclic) bond motifs is 1. The maximum Gasteiger partial charge on any atom is 0.182 e. The van der Waals surface area contributed by atoms with Gasteiger partial charge in [0, 0.05) is 0 Å². The van der Waals surface area contributed by atoms with E-state index >= 15 is 0 Å². The average Bonchev–Trinajstić information content (AvgIpc) is 2.70. The summed E-state index contributed by atoms with van der Waals surface area (Å²) in [6.07, 6.45) is 3.97. The molecule has 0 atom stereocenters. The molecule has 6 heteroatoms. The number of aromatic nitrogens is 2. The van der Waals surface area contributed by atoms with Crippen LogP contribution in [-0.2, 0) is 7.05 Å². The third-order valence-corrected chi connectivity index (χ3v) is 4.06. The second kappa shape index (κ2) is 5.80. The molecular formula is C13H9BrFIN2S. The first-order valence-electron chi connectivity index (χ1n) is 5.34. The molecule has 3 aromatic rings. The molecule has 0 saturated heterocycles. The normalized spacial score (nSPS) is 10.5. The van der Waals surface area contributed by atoms with Crippen molar-refractivity contribution in [3.8, 4) is 10.6 Å². The Morgan fingerprint density at radius 2 is 2.05 bits per heavy atom. The minimum absolute atomic E-state index is 0. The number of pyridine rings is 1. The molecule has 0 bridgehead atoms. The quantitative estimate of drug-likeness (QED) is 0.394. The minimum Gasteiger partial charge on any atom is -1.00 e. The van der Waals surface area contributed by atoms with Gasteiger partial charge in [0.1, 0.15) is 17.9 Å². The Morgan fingerprint density at radius 1 is 1.26 bits per heavy atom. The van der Waals surface area contributed by atoms with Crippen LogP contribution in [0.3, 0.4) is 0 Å². The number of halogens is 3. The van der Waals surface area contributed by atoms with Crippen LogP contribution >= 0.6 is 27.3 Å². The van der Waals surface area contributed by atoms with E-state index in [0.29, 0.717) is 0 Å². The van der Waals surface area contributed by atoms with Gasteiger partial charge in [-0.3, -0.25) is 0 Å². The first kappa shape index (κ1) is 14.8. The molecule has 0 unspecified atom stereocenters. The van der Waals surface area contributed by atoms with Gasteiger partial charge in [-0.05, 0) is 40.2 Å². The van der Waals surface area contributed by atoms with Crippen LogP contribution in [0.15, 0.2) is 41.1 Å². The highest BCUT2D eigenvalue weighted by atomic mass is 127. The maximum absolute atomic E-state index is 13.1. The van der Waals surface area contributed by atoms with E-state index in [1.807, 2.05) is 30.1 Å². The highest BCUT2D eigenvalue weighted by Gasteiger charge is 2.11. The Morgan fingerprint density at radius 3 is 2.79 bits per heavy atom. The van der Waals surface area contributed by atoms with E-state index in [0.717, 1.165) is 25.3 Å². The van der Waals surface area contributed by atoms with E-state index in [1.54, 1.807) is 6.07 Å². The Balaban J connectivity index is 0.00000133. The van der Waals surface area contributed by atoms with Gasteiger partial charge >= 0.3 is 0 Å². The summed E-state index contributed by atoms with van der Waals surface area (Å²) in [4.78, 5) is 4.52. The fraction of sp³-hybridized carbons (Fsp3) is 0.0769. The van der Waals surface area contributed by atoms with Gasteiger partial charge in [0.05, 0.1) is 20.3 Å². The van der Waals surface area contributed by atoms with E-state index in [4.69, 9.17) is 0 Å². The largest absolute Gasteiger partial charge is 1.00 e. The molecular weight excluding hydrogens is 442 g/mol. The van der Waals surface area contributed by atoms with Crippen molar-refractivity contribution in [3.05, 3.63) is 46.9 Å². The third-order valence-electron chi connectivity index (χ3n) is 2.56. The predicted molar refractivity (Wildman–Crippen MR) is 73.9 cm³/mol. The van der Waals surface area contributed by atoms with Gasteiger partial charge in [0.2, 0.25) is 0 Å². The molecule has 0 spiro atoms. The third kappa shape index (κ3) is 3.11. The lowest BCUT2D eigenvalue weighted by Crippen LogP contribution is -3.00. The number of thiazole rings is 1. The molecule has 2 aromatic heterocycles. The van der Waals surface area contributed by atoms with Crippen LogP contribution in [0.25, 0.3) is 20.8 Å². The Kier molecular flexibility index (Phi) is 4.52. The molecule has 19 heavy (non-hydrogen) atoms. The first-order chi connectivity index (χ1) is 8.61. The van der Waals surface area contributed by atoms with E-state index in [-0.39, 0.29) is 29.8 Å². The van der Waals surface area contributed by atoms with Crippen LogP contribution < -0.4 is 28.5 Å². The summed E-state index contributed by atoms with van der Waals surface area (Å²) in [7, 11) is 1.96. The second-order valence-corrected chi connectivity index (χ2v) is 5.99. The zero-order valence-corrected chi connectivity index (χ0v) is 14.5. The molecule has 0 N–H and O–H groups in total. The fourth-order valence-corrected chi connectivity index (χ4v) is 3.35. The molecule has 0 aliphatic rings. The monoisotopic (exact) mass is 450 g/mol. The molecule has 0 amide bonds. The van der Waals surface area contributed by atoms with Crippen LogP contribution in [0, 0.1) is 5.82 Å². The lowest BCUT2D eigenvalue weighted by molar-refractivity contribution is -0.671. The molecule has 0 fully saturated rings. The fourth-order valence-electron chi connectivity index (χ4n) is 1.81. The van der Waals surface area contributed by atoms with Gasteiger partial charge in [0.15, 0.2) is 12.4 Å². The van der Waals surface area contributed by atoms with E-state index < -0.39 is 0 Å². The SMILES string of the molecule is C[n+]1cc(Br)cc(-c2nc3ccc(F)cc3s2)c1.[I-]. The van der Waals surface area contributed by atoms with Gasteiger partial charge in [-0.1, -0.05) is 0 Å². The summed E-state index contributed by atoms with van der Waals surface area (Å²) in [5, 5.41) is 0.896. The van der Waals surface area contributed by atoms with Crippen molar-refractivity contribution in [1.82, 2.24) is 4.98 Å². The van der Waals surface area contributed by atoms with Crippen molar-refractivity contribution in [2.24, 2.45) is 7.05 Å². The Hall–Kier alpha value is -0.600. The van der Waals surface area contributed by atoms with Crippen molar-refractivity contribution in [2.45, 2.75) is 0 Å². The van der Waals surface area contributed by atoms with Crippen LogP contribution in [-0.4, -0.2) is 4.98 Å². The first-order valence-corrected chi connectivity index (χ1v) is 6.95. The molecule has 98 valence electrons. The Labute approximate surface area is 139 Å². The molecule has 0 saturated carbocycles. The van der Waals surface area contributed by atoms with Crippen molar-refractivity contribution < 1.29 is 32.9 Å². The average molecular weight is 451 g/mol. The van der Waals surface area contributed by atoms with Gasteiger partial charge in [-0.25, -0.2) is 13.9 Å². The number of rotatable bonds is 1. The molecule has 0 aliphatic carbocycles. The summed E-state index contributed by atoms with van der Waals surface area (Å²) in [5.41, 5.74) is 1.85. The van der Waals surface area contributed by atoms with Gasteiger partial charge in [-0.2, -0.15) is 0 Å². The van der Waals surface area contributed by atoms with Gasteiger partial charge < -0.3 is 24.0 Å². The van der Waals surface area contributed by atoms with Crippen molar-refractivity contribution in [1.29, 1.82) is 0 Å². The van der Waals surface area contributed by atoms with Crippen molar-refractivity contribution >= 4 is 37.5 Å². The zero-order chi connectivity index (χ0) is 12.7. The highest BCUT2D eigenvalue weighted by molar-refractivity contribution is 9.10. The van der Waals surface area contributed by atoms with E-state index in [9.17, 15) is 4.39 Å². The van der Waals surface area contributed by atoms with E-state index in [1.165, 1.54) is 23.5 Å². The van der Waals surface area contributed by atoms with Crippen LogP contribution in [0.5, 0.6) is 0 Å². The lowest BCUT2D eigenvalue weighted by atomic mass is 10.3. The standard InChI is InChI=1S/C13H9BrFN2S.HI/c1-17-6-8(4-9(14)7-17)13-16-11-3-2-10(15)5-12(11)18-13;/h2-7H,1H3;1H/q+1;/p-1. The van der Waals surface area contributed by atoms with Gasteiger partial charge in [-0.15, -0.1) is 11.3 Å². The summed E-state index contributed by atoms with van der Waals surface area (Å²) < 4.78 is 17.0. The second-order valence-electron chi connectivity index (χ2n) is 4.04. The molecule has 3 rings (SSSR count). The molecule has 2 nitrogen and oxygen atoms in total. The maximum atomic E-state index is 13.1. The number of benzene rings is 1. The molecule has 0 radical (unpaired) electrons. The van der Waals surface area contributed by atoms with Gasteiger partial charge in [0.25, 0.3) is 0 Å². The topological polar surface area (TPSA) is 16.8 Å². The number of hydrogen-bond acceptors (Lipinski definition) is 2. The Bertz CT molecular complexity index is 724. The zero-order valence-electron chi connectivity index (χ0n) is 9.90. The number of nitrogens with zero attached hydrogens (tertiary/aromatic N) is 2. The number of aryl methyl sites for hydroxylation is 1. The summed E-state index contributed by atoms with van der Waals surface area (Å²) in [5.74, 6) is -0.225. The predicted octanol–water partition coefficient (Wildman–Crippen LogP) is 0.693. The smallest absolute Gasteiger partial charge is 0.182 e. The summed E-state index contributed by atoms with van der Waals surface area (Å²) in [6, 6.07) is 6.68. The van der Waals surface area contributed by atoms with Crippen LogP contribution in [0.2, 0.25) is 0 Å². The molecule has 1 aromatic carbocycles. The van der Waals surface area contributed by atoms with Crippen LogP contribution in [0.1, 0.15) is 0 Å². The highest BCUT2D eigenvalue weighted by Crippen LogP contribution is 2.30. The van der Waals surface area contributed by atoms with Crippen molar-refractivity contribution in [3.63, 3.8) is 0 Å². The lowest BCUT2D eigenvalue weighted by Gasteiger charge is -1.95.